The lowest BCUT2D eigenvalue weighted by Crippen LogP contribution is -2.34. The number of para-hydroxylation sites is 1. The minimum absolute atomic E-state index is 0.0598. The summed E-state index contributed by atoms with van der Waals surface area (Å²) in [5, 5.41) is 2.89. The molecule has 0 saturated carbocycles. The average molecular weight is 524 g/mol. The number of carbonyl (C=O) groups excluding carboxylic acids is 1. The van der Waals surface area contributed by atoms with Gasteiger partial charge in [-0.05, 0) is 29.8 Å². The highest BCUT2D eigenvalue weighted by molar-refractivity contribution is 6.10. The number of fused-ring (bicyclic) bond motifs is 1. The Morgan fingerprint density at radius 1 is 1.03 bits per heavy atom. The summed E-state index contributed by atoms with van der Waals surface area (Å²) in [6, 6.07) is 10.4. The van der Waals surface area contributed by atoms with E-state index in [0.717, 1.165) is 13.2 Å². The molecule has 0 bridgehead atoms. The van der Waals surface area contributed by atoms with Gasteiger partial charge in [-0.2, -0.15) is 26.3 Å². The second-order valence-electron chi connectivity index (χ2n) is 7.83. The van der Waals surface area contributed by atoms with Crippen molar-refractivity contribution in [3.63, 3.8) is 0 Å². The first kappa shape index (κ1) is 25.8. The lowest BCUT2D eigenvalue weighted by molar-refractivity contribution is -0.253. The van der Waals surface area contributed by atoms with Crippen molar-refractivity contribution in [2.75, 3.05) is 12.4 Å². The number of hydrogen-bond acceptors (Lipinski definition) is 5. The van der Waals surface area contributed by atoms with Gasteiger partial charge in [0.15, 0.2) is 17.4 Å². The number of nitrogens with one attached hydrogen (secondary N) is 1. The molecular formula is C24H18F6N4O3. The molecule has 4 aromatic rings. The molecule has 0 radical (unpaired) electrons. The van der Waals surface area contributed by atoms with Crippen LogP contribution in [0.4, 0.5) is 32.0 Å². The Labute approximate surface area is 205 Å². The van der Waals surface area contributed by atoms with Crippen LogP contribution in [0.25, 0.3) is 10.9 Å². The molecule has 13 heteroatoms. The highest BCUT2D eigenvalue weighted by Crippen LogP contribution is 2.47. The summed E-state index contributed by atoms with van der Waals surface area (Å²) in [4.78, 5) is 21.2. The molecule has 0 saturated heterocycles. The molecule has 2 aromatic heterocycles. The van der Waals surface area contributed by atoms with Crippen molar-refractivity contribution in [3.8, 4) is 17.4 Å². The minimum Gasteiger partial charge on any atom is -0.495 e. The number of anilines is 1. The Bertz CT molecular complexity index is 1420. The van der Waals surface area contributed by atoms with E-state index in [-0.39, 0.29) is 28.8 Å². The van der Waals surface area contributed by atoms with E-state index in [2.05, 4.69) is 15.3 Å². The third-order valence-electron chi connectivity index (χ3n) is 5.50. The third kappa shape index (κ3) is 5.15. The van der Waals surface area contributed by atoms with E-state index in [1.54, 1.807) is 31.3 Å². The standard InChI is InChI=1S/C24H18F6N4O3/c1-34-16-6-4-3-5-14(16)20(37-18-9-10-31-12-32-18)19(34)22(35)33-15-11-13(7-8-17(15)36-2)21(23(25,26)27)24(28,29)30/h3-12,21H,1-2H3,(H,33,35). The maximum absolute atomic E-state index is 13.4. The molecule has 0 aliphatic carbocycles. The van der Waals surface area contributed by atoms with Gasteiger partial charge >= 0.3 is 12.4 Å². The summed E-state index contributed by atoms with van der Waals surface area (Å²) >= 11 is 0. The summed E-state index contributed by atoms with van der Waals surface area (Å²) in [5.41, 5.74) is -0.977. The van der Waals surface area contributed by atoms with Gasteiger partial charge in [0.25, 0.3) is 5.91 Å². The highest BCUT2D eigenvalue weighted by atomic mass is 19.4. The fraction of sp³-hybridized carbons (Fsp3) is 0.208. The Morgan fingerprint density at radius 2 is 1.73 bits per heavy atom. The lowest BCUT2D eigenvalue weighted by Gasteiger charge is -2.24. The van der Waals surface area contributed by atoms with Gasteiger partial charge in [0.1, 0.15) is 12.1 Å². The number of alkyl halides is 6. The van der Waals surface area contributed by atoms with Crippen LogP contribution in [0.2, 0.25) is 0 Å². The molecule has 4 rings (SSSR count). The zero-order valence-corrected chi connectivity index (χ0v) is 19.2. The van der Waals surface area contributed by atoms with E-state index < -0.39 is 29.7 Å². The van der Waals surface area contributed by atoms with E-state index in [9.17, 15) is 31.1 Å². The maximum Gasteiger partial charge on any atom is 0.404 e. The number of aromatic nitrogens is 3. The van der Waals surface area contributed by atoms with Gasteiger partial charge in [0.05, 0.1) is 18.3 Å². The van der Waals surface area contributed by atoms with Crippen LogP contribution in [0.1, 0.15) is 22.0 Å². The number of carbonyl (C=O) groups is 1. The molecule has 194 valence electrons. The van der Waals surface area contributed by atoms with Crippen LogP contribution < -0.4 is 14.8 Å². The van der Waals surface area contributed by atoms with Crippen LogP contribution in [-0.2, 0) is 7.05 Å². The number of aryl methyl sites for hydroxylation is 1. The van der Waals surface area contributed by atoms with Gasteiger partial charge < -0.3 is 19.4 Å². The molecule has 37 heavy (non-hydrogen) atoms. The SMILES string of the molecule is COc1ccc(C(C(F)(F)F)C(F)(F)F)cc1NC(=O)c1c(Oc2ccncn2)c2ccccc2n1C. The largest absolute Gasteiger partial charge is 0.495 e. The fourth-order valence-corrected chi connectivity index (χ4v) is 3.91. The quantitative estimate of drug-likeness (QED) is 0.303. The summed E-state index contributed by atoms with van der Waals surface area (Å²) in [6.07, 6.45) is -8.57. The first-order chi connectivity index (χ1) is 17.4. The number of methoxy groups -OCH3 is 1. The Kier molecular flexibility index (Phi) is 6.72. The summed E-state index contributed by atoms with van der Waals surface area (Å²) in [6.45, 7) is 0. The number of halogens is 6. The second kappa shape index (κ2) is 9.64. The minimum atomic E-state index is -5.61. The Morgan fingerprint density at radius 3 is 2.35 bits per heavy atom. The number of hydrogen-bond donors (Lipinski definition) is 1. The Hall–Kier alpha value is -4.29. The Balaban J connectivity index is 1.79. The molecule has 1 amide bonds. The number of amides is 1. The third-order valence-corrected chi connectivity index (χ3v) is 5.50. The zero-order valence-electron chi connectivity index (χ0n) is 19.2. The van der Waals surface area contributed by atoms with Crippen molar-refractivity contribution >= 4 is 22.5 Å². The highest BCUT2D eigenvalue weighted by Gasteiger charge is 2.57. The predicted octanol–water partition coefficient (Wildman–Crippen LogP) is 6.23. The van der Waals surface area contributed by atoms with Gasteiger partial charge in [0, 0.05) is 24.7 Å². The lowest BCUT2D eigenvalue weighted by atomic mass is 9.97. The monoisotopic (exact) mass is 524 g/mol. The van der Waals surface area contributed by atoms with Gasteiger partial charge in [-0.15, -0.1) is 0 Å². The molecule has 0 aliphatic rings. The first-order valence-corrected chi connectivity index (χ1v) is 10.6. The smallest absolute Gasteiger partial charge is 0.404 e. The molecule has 7 nitrogen and oxygen atoms in total. The van der Waals surface area contributed by atoms with Crippen molar-refractivity contribution < 1.29 is 40.6 Å². The van der Waals surface area contributed by atoms with E-state index in [4.69, 9.17) is 9.47 Å². The fourth-order valence-electron chi connectivity index (χ4n) is 3.91. The summed E-state index contributed by atoms with van der Waals surface area (Å²) < 4.78 is 92.2. The van der Waals surface area contributed by atoms with Gasteiger partial charge in [-0.1, -0.05) is 18.2 Å². The number of nitrogens with zero attached hydrogens (tertiary/aromatic N) is 3. The number of rotatable bonds is 6. The number of benzene rings is 2. The molecule has 0 fully saturated rings. The van der Waals surface area contributed by atoms with E-state index in [0.29, 0.717) is 23.0 Å². The topological polar surface area (TPSA) is 78.3 Å². The predicted molar refractivity (Wildman–Crippen MR) is 121 cm³/mol. The normalized spacial score (nSPS) is 12.1. The van der Waals surface area contributed by atoms with Crippen molar-refractivity contribution in [1.82, 2.24) is 14.5 Å². The first-order valence-electron chi connectivity index (χ1n) is 10.6. The molecule has 0 spiro atoms. The van der Waals surface area contributed by atoms with E-state index >= 15 is 0 Å². The number of ether oxygens (including phenoxy) is 2. The van der Waals surface area contributed by atoms with Gasteiger partial charge in [0.2, 0.25) is 5.88 Å². The second-order valence-corrected chi connectivity index (χ2v) is 7.83. The summed E-state index contributed by atoms with van der Waals surface area (Å²) in [5.74, 6) is -4.58. The van der Waals surface area contributed by atoms with Crippen molar-refractivity contribution in [3.05, 3.63) is 72.3 Å². The van der Waals surface area contributed by atoms with Crippen LogP contribution in [0.5, 0.6) is 17.4 Å². The molecular weight excluding hydrogens is 506 g/mol. The van der Waals surface area contributed by atoms with E-state index in [1.807, 2.05) is 0 Å². The van der Waals surface area contributed by atoms with Crippen molar-refractivity contribution in [1.29, 1.82) is 0 Å². The van der Waals surface area contributed by atoms with Crippen molar-refractivity contribution in [2.45, 2.75) is 18.3 Å². The molecule has 0 unspecified atom stereocenters. The van der Waals surface area contributed by atoms with Gasteiger partial charge in [-0.3, -0.25) is 4.79 Å². The summed E-state index contributed by atoms with van der Waals surface area (Å²) in [7, 11) is 2.72. The molecule has 1 N–H and O–H groups in total. The van der Waals surface area contributed by atoms with Crippen molar-refractivity contribution in [2.24, 2.45) is 7.05 Å². The van der Waals surface area contributed by atoms with Crippen LogP contribution in [0.3, 0.4) is 0 Å². The van der Waals surface area contributed by atoms with Gasteiger partial charge in [-0.25, -0.2) is 9.97 Å². The van der Waals surface area contributed by atoms with Crippen LogP contribution in [-0.4, -0.2) is 39.9 Å². The van der Waals surface area contributed by atoms with Crippen LogP contribution in [0.15, 0.2) is 61.1 Å². The molecule has 0 atom stereocenters. The maximum atomic E-state index is 13.4. The van der Waals surface area contributed by atoms with Crippen LogP contribution in [0, 0.1) is 0 Å². The zero-order chi connectivity index (χ0) is 27.0. The molecule has 2 heterocycles. The molecule has 2 aromatic carbocycles. The average Bonchev–Trinajstić information content (AvgIpc) is 3.10. The molecule has 0 aliphatic heterocycles. The van der Waals surface area contributed by atoms with E-state index in [1.165, 1.54) is 23.2 Å². The van der Waals surface area contributed by atoms with Crippen LogP contribution >= 0.6 is 0 Å².